The van der Waals surface area contributed by atoms with E-state index < -0.39 is 0 Å². The first kappa shape index (κ1) is 23.5. The van der Waals surface area contributed by atoms with Gasteiger partial charge in [-0.05, 0) is 43.2 Å². The van der Waals surface area contributed by atoms with Crippen molar-refractivity contribution in [2.45, 2.75) is 13.8 Å². The summed E-state index contributed by atoms with van der Waals surface area (Å²) in [5.41, 5.74) is 3.96. The van der Waals surface area contributed by atoms with E-state index in [9.17, 15) is 0 Å². The van der Waals surface area contributed by atoms with Crippen LogP contribution in [0.3, 0.4) is 0 Å². The maximum absolute atomic E-state index is 6.64. The van der Waals surface area contributed by atoms with Gasteiger partial charge in [-0.1, -0.05) is 41.9 Å². The second-order valence-corrected chi connectivity index (χ2v) is 6.67. The summed E-state index contributed by atoms with van der Waals surface area (Å²) < 4.78 is 3.88. The number of azo groups is 1. The number of anilines is 1. The van der Waals surface area contributed by atoms with Crippen LogP contribution in [0.25, 0.3) is 11.3 Å². The number of hydrogen-bond acceptors (Lipinski definition) is 3. The van der Waals surface area contributed by atoms with Gasteiger partial charge in [0, 0.05) is 31.4 Å². The van der Waals surface area contributed by atoms with Crippen molar-refractivity contribution in [3.05, 3.63) is 59.6 Å². The van der Waals surface area contributed by atoms with Gasteiger partial charge in [0.1, 0.15) is 18.4 Å². The summed E-state index contributed by atoms with van der Waals surface area (Å²) in [5.74, 6) is 0.630. The standard InChI is InChI=1S/C21H25ClN5.ClH.Zn/c1-5-27(6-2)18-14-12-17(13-15-18)23-24-21-19(22)20(25(3)26(21)4)16-10-8-7-9-11-16;;/h7-15H,5-6H2,1-4H3;1H;/q+1;;/p-1. The number of benzene rings is 2. The van der Waals surface area contributed by atoms with Crippen molar-refractivity contribution in [2.75, 3.05) is 18.0 Å². The van der Waals surface area contributed by atoms with E-state index in [0.717, 1.165) is 47.3 Å². The third kappa shape index (κ3) is 5.45. The van der Waals surface area contributed by atoms with Gasteiger partial charge >= 0.3 is 32.8 Å². The van der Waals surface area contributed by atoms with Crippen LogP contribution in [0, 0.1) is 0 Å². The molecule has 0 aliphatic rings. The molecule has 3 aromatic rings. The van der Waals surface area contributed by atoms with Gasteiger partial charge < -0.3 is 4.90 Å². The van der Waals surface area contributed by atoms with Crippen molar-refractivity contribution >= 4 is 38.5 Å². The Morgan fingerprint density at radius 1 is 0.966 bits per heavy atom. The fourth-order valence-electron chi connectivity index (χ4n) is 3.12. The van der Waals surface area contributed by atoms with Crippen LogP contribution in [0.1, 0.15) is 13.8 Å². The minimum absolute atomic E-state index is 0.592. The van der Waals surface area contributed by atoms with Gasteiger partial charge in [0.05, 0.1) is 5.11 Å². The molecule has 0 radical (unpaired) electrons. The molecule has 29 heavy (non-hydrogen) atoms. The summed E-state index contributed by atoms with van der Waals surface area (Å²) >= 11 is 7.49. The number of aromatic nitrogens is 2. The molecular weight excluding hydrogens is 459 g/mol. The Bertz CT molecular complexity index is 936. The molecule has 0 bridgehead atoms. The Kier molecular flexibility index (Phi) is 9.28. The van der Waals surface area contributed by atoms with Crippen molar-refractivity contribution in [3.8, 4) is 11.3 Å². The van der Waals surface area contributed by atoms with Crippen LogP contribution in [0.4, 0.5) is 17.2 Å². The molecule has 1 heterocycles. The fourth-order valence-corrected chi connectivity index (χ4v) is 3.52. The summed E-state index contributed by atoms with van der Waals surface area (Å²) in [7, 11) is 8.66. The van der Waals surface area contributed by atoms with Gasteiger partial charge in [-0.25, -0.2) is 4.68 Å². The average molecular weight is 484 g/mol. The fraction of sp³-hybridized carbons (Fsp3) is 0.286. The predicted octanol–water partition coefficient (Wildman–Crippen LogP) is 6.12. The van der Waals surface area contributed by atoms with E-state index in [1.807, 2.05) is 65.9 Å². The summed E-state index contributed by atoms with van der Waals surface area (Å²) in [6.45, 7) is 6.27. The molecule has 0 aliphatic carbocycles. The van der Waals surface area contributed by atoms with Gasteiger partial charge in [-0.15, -0.1) is 0 Å². The summed E-state index contributed by atoms with van der Waals surface area (Å²) in [6.07, 6.45) is 0. The second-order valence-electron chi connectivity index (χ2n) is 6.29. The quantitative estimate of drug-likeness (QED) is 0.236. The number of hydrogen-bond donors (Lipinski definition) is 0. The summed E-state index contributed by atoms with van der Waals surface area (Å²) in [5, 5.41) is 9.40. The molecule has 0 unspecified atom stereocenters. The molecule has 0 amide bonds. The first-order valence-corrected chi connectivity index (χ1v) is 13.7. The topological polar surface area (TPSA) is 36.8 Å². The van der Waals surface area contributed by atoms with E-state index in [2.05, 4.69) is 41.1 Å². The molecule has 2 aromatic carbocycles. The SMILES string of the molecule is CCN(CC)c1ccc(N=Nc2c(Cl)c(-c3ccccc3)n(C)[n+]2C)cc1.[Cl][Zn-]. The Hall–Kier alpha value is -1.75. The Labute approximate surface area is 191 Å². The van der Waals surface area contributed by atoms with Gasteiger partial charge in [0.25, 0.3) is 0 Å². The van der Waals surface area contributed by atoms with E-state index in [-0.39, 0.29) is 0 Å². The third-order valence-electron chi connectivity index (χ3n) is 4.77. The molecule has 0 saturated heterocycles. The van der Waals surface area contributed by atoms with Crippen molar-refractivity contribution in [3.63, 3.8) is 0 Å². The molecule has 0 spiro atoms. The van der Waals surface area contributed by atoms with E-state index in [1.54, 1.807) is 0 Å². The molecular formula is C21H25Cl2N5Zn. The van der Waals surface area contributed by atoms with Crippen molar-refractivity contribution in [2.24, 2.45) is 24.3 Å². The molecule has 8 heteroatoms. The first-order chi connectivity index (χ1) is 14.1. The molecule has 0 aliphatic heterocycles. The zero-order chi connectivity index (χ0) is 21.4. The van der Waals surface area contributed by atoms with Gasteiger partial charge in [-0.3, -0.25) is 0 Å². The summed E-state index contributed by atoms with van der Waals surface area (Å²) in [4.78, 5) is 2.29. The zero-order valence-electron chi connectivity index (χ0n) is 17.3. The third-order valence-corrected chi connectivity index (χ3v) is 5.12. The first-order valence-electron chi connectivity index (χ1n) is 9.40. The molecule has 150 valence electrons. The van der Waals surface area contributed by atoms with Crippen LogP contribution in [0.2, 0.25) is 5.02 Å². The molecule has 0 atom stereocenters. The van der Waals surface area contributed by atoms with Crippen LogP contribution in [-0.2, 0) is 31.4 Å². The second kappa shape index (κ2) is 11.4. The zero-order valence-corrected chi connectivity index (χ0v) is 21.8. The Morgan fingerprint density at radius 3 is 2.10 bits per heavy atom. The monoisotopic (exact) mass is 481 g/mol. The number of rotatable bonds is 6. The van der Waals surface area contributed by atoms with Crippen molar-refractivity contribution in [1.29, 1.82) is 0 Å². The van der Waals surface area contributed by atoms with Crippen LogP contribution >= 0.6 is 21.3 Å². The molecule has 1 aromatic heterocycles. The van der Waals surface area contributed by atoms with Crippen LogP contribution < -0.4 is 9.58 Å². The number of nitrogens with zero attached hydrogens (tertiary/aromatic N) is 5. The van der Waals surface area contributed by atoms with E-state index >= 15 is 0 Å². The van der Waals surface area contributed by atoms with E-state index in [4.69, 9.17) is 21.3 Å². The maximum atomic E-state index is 6.64. The van der Waals surface area contributed by atoms with Gasteiger partial charge in [0.2, 0.25) is 0 Å². The molecule has 0 N–H and O–H groups in total. The van der Waals surface area contributed by atoms with Gasteiger partial charge in [-0.2, -0.15) is 4.68 Å². The number of halogens is 2. The predicted molar refractivity (Wildman–Crippen MR) is 117 cm³/mol. The van der Waals surface area contributed by atoms with Crippen molar-refractivity contribution < 1.29 is 22.0 Å². The van der Waals surface area contributed by atoms with Gasteiger partial charge in [0.15, 0.2) is 5.02 Å². The van der Waals surface area contributed by atoms with Crippen molar-refractivity contribution in [1.82, 2.24) is 4.68 Å². The van der Waals surface area contributed by atoms with E-state index in [1.165, 1.54) is 5.69 Å². The summed E-state index contributed by atoms with van der Waals surface area (Å²) in [6, 6.07) is 18.2. The molecule has 0 saturated carbocycles. The van der Waals surface area contributed by atoms with Crippen LogP contribution in [-0.4, -0.2) is 17.8 Å². The molecule has 0 fully saturated rings. The Balaban J connectivity index is 0.00000145. The average Bonchev–Trinajstić information content (AvgIpc) is 2.98. The van der Waals surface area contributed by atoms with Crippen LogP contribution in [0.15, 0.2) is 64.8 Å². The van der Waals surface area contributed by atoms with Crippen LogP contribution in [0.5, 0.6) is 0 Å². The minimum atomic E-state index is 0.592. The molecule has 3 rings (SSSR count). The normalized spacial score (nSPS) is 10.7. The Morgan fingerprint density at radius 2 is 1.55 bits per heavy atom. The van der Waals surface area contributed by atoms with E-state index in [0.29, 0.717) is 10.8 Å². The molecule has 5 nitrogen and oxygen atoms in total.